The third kappa shape index (κ3) is 2.51. The van der Waals surface area contributed by atoms with Gasteiger partial charge in [0.05, 0.1) is 24.9 Å². The molecule has 0 saturated carbocycles. The fourth-order valence-electron chi connectivity index (χ4n) is 2.91. The molecule has 1 amide bonds. The SMILES string of the molecule is COc1cc(N2C[C@H](C)n3ncc(C)c3C2=O)ccc1C(F)(F)F. The number of hydrogen-bond acceptors (Lipinski definition) is 3. The Morgan fingerprint density at radius 1 is 1.33 bits per heavy atom. The second kappa shape index (κ2) is 5.54. The number of fused-ring (bicyclic) bond motifs is 1. The Balaban J connectivity index is 2.04. The summed E-state index contributed by atoms with van der Waals surface area (Å²) in [7, 11) is 1.17. The summed E-state index contributed by atoms with van der Waals surface area (Å²) in [6.45, 7) is 4.00. The van der Waals surface area contributed by atoms with Crippen LogP contribution in [0.25, 0.3) is 0 Å². The highest BCUT2D eigenvalue weighted by molar-refractivity contribution is 6.06. The average Bonchev–Trinajstić information content (AvgIpc) is 2.92. The van der Waals surface area contributed by atoms with E-state index in [9.17, 15) is 18.0 Å². The number of benzene rings is 1. The molecule has 0 aliphatic carbocycles. The van der Waals surface area contributed by atoms with Crippen molar-refractivity contribution in [3.05, 3.63) is 41.2 Å². The third-order valence-electron chi connectivity index (χ3n) is 4.09. The van der Waals surface area contributed by atoms with Gasteiger partial charge >= 0.3 is 6.18 Å². The van der Waals surface area contributed by atoms with E-state index in [1.165, 1.54) is 24.1 Å². The lowest BCUT2D eigenvalue weighted by Crippen LogP contribution is -2.43. The topological polar surface area (TPSA) is 47.4 Å². The van der Waals surface area contributed by atoms with E-state index in [1.807, 2.05) is 6.92 Å². The highest BCUT2D eigenvalue weighted by Crippen LogP contribution is 2.39. The van der Waals surface area contributed by atoms with Crippen LogP contribution in [-0.2, 0) is 6.18 Å². The summed E-state index contributed by atoms with van der Waals surface area (Å²) in [4.78, 5) is 14.2. The zero-order chi connectivity index (χ0) is 17.6. The van der Waals surface area contributed by atoms with Crippen molar-refractivity contribution < 1.29 is 22.7 Å². The van der Waals surface area contributed by atoms with Gasteiger partial charge in [0.2, 0.25) is 0 Å². The maximum absolute atomic E-state index is 13.0. The van der Waals surface area contributed by atoms with Crippen molar-refractivity contribution in [1.29, 1.82) is 0 Å². The molecule has 1 aromatic carbocycles. The van der Waals surface area contributed by atoms with Gasteiger partial charge in [-0.3, -0.25) is 9.48 Å². The van der Waals surface area contributed by atoms with Gasteiger partial charge in [-0.25, -0.2) is 0 Å². The number of carbonyl (C=O) groups is 1. The van der Waals surface area contributed by atoms with Crippen molar-refractivity contribution in [2.24, 2.45) is 0 Å². The Bertz CT molecular complexity index is 798. The summed E-state index contributed by atoms with van der Waals surface area (Å²) in [5.41, 5.74) is 0.680. The van der Waals surface area contributed by atoms with Gasteiger partial charge in [-0.05, 0) is 26.0 Å². The number of aromatic nitrogens is 2. The predicted octanol–water partition coefficient (Wildman–Crippen LogP) is 3.44. The molecule has 8 heteroatoms. The maximum Gasteiger partial charge on any atom is 0.419 e. The van der Waals surface area contributed by atoms with Crippen LogP contribution in [0.4, 0.5) is 18.9 Å². The number of ether oxygens (including phenoxy) is 1. The van der Waals surface area contributed by atoms with Crippen LogP contribution in [0, 0.1) is 6.92 Å². The summed E-state index contributed by atoms with van der Waals surface area (Å²) >= 11 is 0. The van der Waals surface area contributed by atoms with Crippen LogP contribution in [0.2, 0.25) is 0 Å². The predicted molar refractivity (Wildman–Crippen MR) is 81.3 cm³/mol. The molecule has 1 aliphatic heterocycles. The molecule has 1 aliphatic rings. The molecule has 0 bridgehead atoms. The zero-order valence-corrected chi connectivity index (χ0v) is 13.4. The Morgan fingerprint density at radius 3 is 2.67 bits per heavy atom. The van der Waals surface area contributed by atoms with Crippen molar-refractivity contribution in [2.75, 3.05) is 18.6 Å². The minimum absolute atomic E-state index is 0.0836. The van der Waals surface area contributed by atoms with E-state index in [0.717, 1.165) is 11.6 Å². The molecule has 0 spiro atoms. The van der Waals surface area contributed by atoms with Gasteiger partial charge in [0.25, 0.3) is 5.91 Å². The minimum Gasteiger partial charge on any atom is -0.496 e. The van der Waals surface area contributed by atoms with Crippen LogP contribution in [0.15, 0.2) is 24.4 Å². The van der Waals surface area contributed by atoms with Crippen LogP contribution in [-0.4, -0.2) is 29.3 Å². The van der Waals surface area contributed by atoms with Crippen molar-refractivity contribution in [2.45, 2.75) is 26.1 Å². The van der Waals surface area contributed by atoms with Gasteiger partial charge in [0, 0.05) is 23.9 Å². The second-order valence-corrected chi connectivity index (χ2v) is 5.77. The Hall–Kier alpha value is -2.51. The molecule has 0 radical (unpaired) electrons. The number of alkyl halides is 3. The van der Waals surface area contributed by atoms with Crippen LogP contribution < -0.4 is 9.64 Å². The third-order valence-corrected chi connectivity index (χ3v) is 4.09. The Morgan fingerprint density at radius 2 is 2.04 bits per heavy atom. The van der Waals surface area contributed by atoms with E-state index in [1.54, 1.807) is 17.8 Å². The summed E-state index contributed by atoms with van der Waals surface area (Å²) in [6.07, 6.45) is -2.90. The number of rotatable bonds is 2. The lowest BCUT2D eigenvalue weighted by Gasteiger charge is -2.32. The number of hydrogen-bond donors (Lipinski definition) is 0. The van der Waals surface area contributed by atoms with Gasteiger partial charge < -0.3 is 9.64 Å². The average molecular weight is 339 g/mol. The van der Waals surface area contributed by atoms with E-state index >= 15 is 0 Å². The van der Waals surface area contributed by atoms with E-state index in [-0.39, 0.29) is 17.7 Å². The Labute approximate surface area is 136 Å². The molecule has 0 unspecified atom stereocenters. The molecule has 5 nitrogen and oxygen atoms in total. The second-order valence-electron chi connectivity index (χ2n) is 5.77. The molecular weight excluding hydrogens is 323 g/mol. The molecule has 0 saturated heterocycles. The van der Waals surface area contributed by atoms with Gasteiger partial charge in [-0.15, -0.1) is 0 Å². The molecule has 2 aromatic rings. The van der Waals surface area contributed by atoms with Crippen LogP contribution in [0.5, 0.6) is 5.75 Å². The Kier molecular flexibility index (Phi) is 3.77. The number of halogens is 3. The first-order chi connectivity index (χ1) is 11.2. The van der Waals surface area contributed by atoms with Gasteiger partial charge in [0.15, 0.2) is 0 Å². The normalized spacial score (nSPS) is 17.8. The lowest BCUT2D eigenvalue weighted by molar-refractivity contribution is -0.138. The van der Waals surface area contributed by atoms with Crippen LogP contribution >= 0.6 is 0 Å². The maximum atomic E-state index is 13.0. The fraction of sp³-hybridized carbons (Fsp3) is 0.375. The minimum atomic E-state index is -4.52. The highest BCUT2D eigenvalue weighted by Gasteiger charge is 2.36. The number of nitrogens with zero attached hydrogens (tertiary/aromatic N) is 3. The number of aryl methyl sites for hydroxylation is 1. The molecule has 0 fully saturated rings. The molecular formula is C16H16F3N3O2. The van der Waals surface area contributed by atoms with E-state index in [2.05, 4.69) is 5.10 Å². The molecule has 3 rings (SSSR count). The standard InChI is InChI=1S/C16H16F3N3O2/c1-9-7-20-22-10(2)8-21(15(23)14(9)22)11-4-5-12(16(17,18)19)13(6-11)24-3/h4-7,10H,8H2,1-3H3/t10-/m0/s1. The zero-order valence-electron chi connectivity index (χ0n) is 13.4. The summed E-state index contributed by atoms with van der Waals surface area (Å²) < 4.78 is 45.5. The molecule has 24 heavy (non-hydrogen) atoms. The molecule has 1 aromatic heterocycles. The number of carbonyl (C=O) groups excluding carboxylic acids is 1. The van der Waals surface area contributed by atoms with E-state index in [4.69, 9.17) is 4.74 Å². The van der Waals surface area contributed by atoms with Crippen molar-refractivity contribution in [1.82, 2.24) is 9.78 Å². The molecule has 1 atom stereocenters. The first-order valence-corrected chi connectivity index (χ1v) is 7.35. The fourth-order valence-corrected chi connectivity index (χ4v) is 2.91. The van der Waals surface area contributed by atoms with Gasteiger partial charge in [-0.2, -0.15) is 18.3 Å². The molecule has 0 N–H and O–H groups in total. The van der Waals surface area contributed by atoms with Crippen molar-refractivity contribution >= 4 is 11.6 Å². The number of amides is 1. The van der Waals surface area contributed by atoms with Gasteiger partial charge in [0.1, 0.15) is 11.4 Å². The van der Waals surface area contributed by atoms with Crippen molar-refractivity contribution in [3.63, 3.8) is 0 Å². The highest BCUT2D eigenvalue weighted by atomic mass is 19.4. The lowest BCUT2D eigenvalue weighted by atomic mass is 10.1. The summed E-state index contributed by atoms with van der Waals surface area (Å²) in [5.74, 6) is -0.596. The smallest absolute Gasteiger partial charge is 0.419 e. The number of anilines is 1. The largest absolute Gasteiger partial charge is 0.496 e. The monoisotopic (exact) mass is 339 g/mol. The number of methoxy groups -OCH3 is 1. The van der Waals surface area contributed by atoms with E-state index < -0.39 is 11.7 Å². The van der Waals surface area contributed by atoms with Crippen LogP contribution in [0.1, 0.15) is 34.6 Å². The van der Waals surface area contributed by atoms with E-state index in [0.29, 0.717) is 17.9 Å². The van der Waals surface area contributed by atoms with Crippen molar-refractivity contribution in [3.8, 4) is 5.75 Å². The molecule has 128 valence electrons. The first kappa shape index (κ1) is 16.4. The van der Waals surface area contributed by atoms with Crippen LogP contribution in [0.3, 0.4) is 0 Å². The quantitative estimate of drug-likeness (QED) is 0.842. The van der Waals surface area contributed by atoms with Gasteiger partial charge in [-0.1, -0.05) is 0 Å². The first-order valence-electron chi connectivity index (χ1n) is 7.35. The molecule has 2 heterocycles. The summed E-state index contributed by atoms with van der Waals surface area (Å²) in [5, 5.41) is 4.19. The summed E-state index contributed by atoms with van der Waals surface area (Å²) in [6, 6.07) is 3.39.